The molecule has 2 aliphatic heterocycles. The molecule has 1 atom stereocenters. The Morgan fingerprint density at radius 1 is 1.26 bits per heavy atom. The van der Waals surface area contributed by atoms with Crippen molar-refractivity contribution >= 4 is 0 Å². The van der Waals surface area contributed by atoms with Crippen molar-refractivity contribution in [3.8, 4) is 0 Å². The molecule has 0 aliphatic carbocycles. The third kappa shape index (κ3) is 3.35. The van der Waals surface area contributed by atoms with Crippen LogP contribution < -0.4 is 0 Å². The lowest BCUT2D eigenvalue weighted by atomic mass is 10.1. The van der Waals surface area contributed by atoms with Gasteiger partial charge in [0, 0.05) is 58.8 Å². The number of nitrogens with zero attached hydrogens (tertiary/aromatic N) is 4. The van der Waals surface area contributed by atoms with Crippen LogP contribution in [-0.2, 0) is 18.3 Å². The Morgan fingerprint density at radius 3 is 2.68 bits per heavy atom. The van der Waals surface area contributed by atoms with Crippen molar-refractivity contribution in [2.24, 2.45) is 13.0 Å². The van der Waals surface area contributed by atoms with E-state index in [4.69, 9.17) is 4.74 Å². The van der Waals surface area contributed by atoms with Crippen LogP contribution in [0.3, 0.4) is 0 Å². The molecule has 3 rings (SSSR count). The van der Waals surface area contributed by atoms with Crippen molar-refractivity contribution in [2.45, 2.75) is 13.0 Å². The number of piperazine rings is 1. The van der Waals surface area contributed by atoms with Crippen molar-refractivity contribution in [1.29, 1.82) is 0 Å². The zero-order valence-corrected chi connectivity index (χ0v) is 11.8. The molecule has 0 unspecified atom stereocenters. The second kappa shape index (κ2) is 6.03. The van der Waals surface area contributed by atoms with Crippen molar-refractivity contribution in [3.05, 3.63) is 18.2 Å². The molecule has 1 aromatic rings. The van der Waals surface area contributed by atoms with E-state index in [-0.39, 0.29) is 0 Å². The van der Waals surface area contributed by atoms with Crippen molar-refractivity contribution < 1.29 is 4.74 Å². The maximum absolute atomic E-state index is 5.45. The molecule has 5 heteroatoms. The molecular formula is C14H24N4O. The van der Waals surface area contributed by atoms with Gasteiger partial charge in [-0.1, -0.05) is 0 Å². The first-order valence-corrected chi connectivity index (χ1v) is 7.30. The zero-order chi connectivity index (χ0) is 13.1. The zero-order valence-electron chi connectivity index (χ0n) is 11.8. The lowest BCUT2D eigenvalue weighted by Gasteiger charge is -2.35. The lowest BCUT2D eigenvalue weighted by Crippen LogP contribution is -2.47. The van der Waals surface area contributed by atoms with E-state index in [1.807, 2.05) is 12.4 Å². The summed E-state index contributed by atoms with van der Waals surface area (Å²) < 4.78 is 7.57. The van der Waals surface area contributed by atoms with Crippen molar-refractivity contribution in [2.75, 3.05) is 45.9 Å². The topological polar surface area (TPSA) is 33.5 Å². The van der Waals surface area contributed by atoms with Crippen molar-refractivity contribution in [3.63, 3.8) is 0 Å². The van der Waals surface area contributed by atoms with E-state index in [9.17, 15) is 0 Å². The highest BCUT2D eigenvalue weighted by atomic mass is 16.5. The Balaban J connectivity index is 1.43. The second-order valence-electron chi connectivity index (χ2n) is 5.76. The molecule has 0 aromatic carbocycles. The van der Waals surface area contributed by atoms with Gasteiger partial charge in [0.1, 0.15) is 5.82 Å². The molecule has 19 heavy (non-hydrogen) atoms. The Labute approximate surface area is 115 Å². The summed E-state index contributed by atoms with van der Waals surface area (Å²) in [6.07, 6.45) is 5.14. The van der Waals surface area contributed by atoms with Crippen LogP contribution in [0.25, 0.3) is 0 Å². The van der Waals surface area contributed by atoms with E-state index < -0.39 is 0 Å². The normalized spacial score (nSPS) is 26.1. The lowest BCUT2D eigenvalue weighted by molar-refractivity contribution is 0.105. The molecular weight excluding hydrogens is 240 g/mol. The highest BCUT2D eigenvalue weighted by Crippen LogP contribution is 2.15. The number of rotatable bonds is 4. The number of hydrogen-bond acceptors (Lipinski definition) is 4. The molecule has 1 aromatic heterocycles. The maximum atomic E-state index is 5.45. The SMILES string of the molecule is Cn1ccnc1CN1CCN(C[C@@H]2CCOC2)CC1. The van der Waals surface area contributed by atoms with Gasteiger partial charge in [0.15, 0.2) is 0 Å². The van der Waals surface area contributed by atoms with Crippen LogP contribution in [0.4, 0.5) is 0 Å². The number of aromatic nitrogens is 2. The molecule has 5 nitrogen and oxygen atoms in total. The van der Waals surface area contributed by atoms with Crippen LogP contribution in [0.2, 0.25) is 0 Å². The van der Waals surface area contributed by atoms with Gasteiger partial charge >= 0.3 is 0 Å². The van der Waals surface area contributed by atoms with Gasteiger partial charge in [-0.15, -0.1) is 0 Å². The van der Waals surface area contributed by atoms with Gasteiger partial charge in [0.2, 0.25) is 0 Å². The molecule has 106 valence electrons. The van der Waals surface area contributed by atoms with Gasteiger partial charge in [0.05, 0.1) is 13.2 Å². The third-order valence-corrected chi connectivity index (χ3v) is 4.29. The average molecular weight is 264 g/mol. The maximum Gasteiger partial charge on any atom is 0.122 e. The Bertz CT molecular complexity index is 392. The molecule has 0 saturated carbocycles. The first-order valence-electron chi connectivity index (χ1n) is 7.30. The predicted molar refractivity (Wildman–Crippen MR) is 73.9 cm³/mol. The van der Waals surface area contributed by atoms with Crippen LogP contribution in [-0.4, -0.2) is 65.3 Å². The van der Waals surface area contributed by atoms with Gasteiger partial charge in [0.25, 0.3) is 0 Å². The summed E-state index contributed by atoms with van der Waals surface area (Å²) in [5, 5.41) is 0. The van der Waals surface area contributed by atoms with E-state index >= 15 is 0 Å². The van der Waals surface area contributed by atoms with Crippen LogP contribution >= 0.6 is 0 Å². The molecule has 2 aliphatic rings. The van der Waals surface area contributed by atoms with E-state index in [0.29, 0.717) is 0 Å². The fourth-order valence-electron chi connectivity index (χ4n) is 2.97. The van der Waals surface area contributed by atoms with Crippen LogP contribution in [0.5, 0.6) is 0 Å². The first-order chi connectivity index (χ1) is 9.31. The number of aryl methyl sites for hydroxylation is 1. The first kappa shape index (κ1) is 13.1. The molecule has 2 saturated heterocycles. The molecule has 0 radical (unpaired) electrons. The minimum atomic E-state index is 0.765. The summed E-state index contributed by atoms with van der Waals surface area (Å²) in [7, 11) is 2.07. The van der Waals surface area contributed by atoms with Gasteiger partial charge in [-0.05, 0) is 12.3 Å². The Morgan fingerprint density at radius 2 is 2.05 bits per heavy atom. The summed E-state index contributed by atoms with van der Waals surface area (Å²) in [4.78, 5) is 9.50. The van der Waals surface area contributed by atoms with Gasteiger partial charge in [-0.3, -0.25) is 4.90 Å². The number of hydrogen-bond donors (Lipinski definition) is 0. The summed E-state index contributed by atoms with van der Waals surface area (Å²) in [5.74, 6) is 1.93. The van der Waals surface area contributed by atoms with E-state index in [1.165, 1.54) is 26.1 Å². The average Bonchev–Trinajstić information content (AvgIpc) is 3.05. The molecule has 0 spiro atoms. The highest BCUT2D eigenvalue weighted by Gasteiger charge is 2.23. The summed E-state index contributed by atoms with van der Waals surface area (Å²) in [5.41, 5.74) is 0. The number of imidazole rings is 1. The standard InChI is InChI=1S/C14H24N4O/c1-16-4-3-15-14(16)11-18-7-5-17(6-8-18)10-13-2-9-19-12-13/h3-4,13H,2,5-12H2,1H3/t13-/m0/s1. The summed E-state index contributed by atoms with van der Waals surface area (Å²) in [6.45, 7) is 8.79. The molecule has 3 heterocycles. The van der Waals surface area contributed by atoms with E-state index in [1.54, 1.807) is 0 Å². The Kier molecular flexibility index (Phi) is 4.15. The molecule has 2 fully saturated rings. The minimum Gasteiger partial charge on any atom is -0.381 e. The highest BCUT2D eigenvalue weighted by molar-refractivity contribution is 4.91. The van der Waals surface area contributed by atoms with E-state index in [2.05, 4.69) is 26.4 Å². The smallest absolute Gasteiger partial charge is 0.122 e. The largest absolute Gasteiger partial charge is 0.381 e. The summed E-state index contributed by atoms with van der Waals surface area (Å²) >= 11 is 0. The van der Waals surface area contributed by atoms with Crippen molar-refractivity contribution in [1.82, 2.24) is 19.4 Å². The third-order valence-electron chi connectivity index (χ3n) is 4.29. The fourth-order valence-corrected chi connectivity index (χ4v) is 2.97. The van der Waals surface area contributed by atoms with Crippen LogP contribution in [0.15, 0.2) is 12.4 Å². The van der Waals surface area contributed by atoms with Gasteiger partial charge < -0.3 is 14.2 Å². The number of ether oxygens (including phenoxy) is 1. The summed E-state index contributed by atoms with van der Waals surface area (Å²) in [6, 6.07) is 0. The quantitative estimate of drug-likeness (QED) is 0.796. The molecule has 0 amide bonds. The van der Waals surface area contributed by atoms with E-state index in [0.717, 1.165) is 44.6 Å². The monoisotopic (exact) mass is 264 g/mol. The molecule has 0 bridgehead atoms. The van der Waals surface area contributed by atoms with Gasteiger partial charge in [-0.25, -0.2) is 4.98 Å². The van der Waals surface area contributed by atoms with Gasteiger partial charge in [-0.2, -0.15) is 0 Å². The van der Waals surface area contributed by atoms with Crippen LogP contribution in [0.1, 0.15) is 12.2 Å². The Hall–Kier alpha value is -0.910. The second-order valence-corrected chi connectivity index (χ2v) is 5.76. The minimum absolute atomic E-state index is 0.765. The predicted octanol–water partition coefficient (Wildman–Crippen LogP) is 0.574. The fraction of sp³-hybridized carbons (Fsp3) is 0.786. The molecule has 0 N–H and O–H groups in total. The van der Waals surface area contributed by atoms with Crippen LogP contribution in [0, 0.1) is 5.92 Å².